The van der Waals surface area contributed by atoms with E-state index in [4.69, 9.17) is 13.8 Å². The van der Waals surface area contributed by atoms with E-state index >= 15 is 0 Å². The lowest BCUT2D eigenvalue weighted by Gasteiger charge is -2.30. The number of hydrogen-bond donors (Lipinski definition) is 0. The number of rotatable bonds is 3. The van der Waals surface area contributed by atoms with Gasteiger partial charge in [0.2, 0.25) is 5.76 Å². The first kappa shape index (κ1) is 19.8. The predicted molar refractivity (Wildman–Crippen MR) is 112 cm³/mol. The van der Waals surface area contributed by atoms with Crippen LogP contribution in [0.1, 0.15) is 64.0 Å². The number of fused-ring (bicyclic) bond motifs is 1. The highest BCUT2D eigenvalue weighted by Crippen LogP contribution is 2.31. The molecule has 2 amide bonds. The Morgan fingerprint density at radius 3 is 2.61 bits per heavy atom. The molecule has 0 bridgehead atoms. The summed E-state index contributed by atoms with van der Waals surface area (Å²) in [5.41, 5.74) is 2.37. The number of amides is 2. The summed E-state index contributed by atoms with van der Waals surface area (Å²) >= 11 is 0. The van der Waals surface area contributed by atoms with E-state index in [1.165, 1.54) is 5.06 Å². The lowest BCUT2D eigenvalue weighted by molar-refractivity contribution is -0.145. The van der Waals surface area contributed by atoms with Crippen molar-refractivity contribution in [2.75, 3.05) is 26.2 Å². The first-order valence-electron chi connectivity index (χ1n) is 10.8. The molecule has 31 heavy (non-hydrogen) atoms. The lowest BCUT2D eigenvalue weighted by atomic mass is 9.93. The molecule has 8 nitrogen and oxygen atoms in total. The molecule has 2 aliphatic heterocycles. The number of hydrogen-bond acceptors (Lipinski definition) is 6. The van der Waals surface area contributed by atoms with Gasteiger partial charge >= 0.3 is 5.91 Å². The summed E-state index contributed by atoms with van der Waals surface area (Å²) in [7, 11) is 0. The van der Waals surface area contributed by atoms with Crippen LogP contribution in [0.25, 0.3) is 11.0 Å². The second kappa shape index (κ2) is 8.19. The Hall–Kier alpha value is -3.13. The number of hydroxylamine groups is 2. The maximum atomic E-state index is 13.0. The highest BCUT2D eigenvalue weighted by Gasteiger charge is 2.31. The molecule has 0 N–H and O–H groups in total. The molecule has 1 aromatic carbocycles. The van der Waals surface area contributed by atoms with Crippen molar-refractivity contribution in [3.63, 3.8) is 0 Å². The Kier molecular flexibility index (Phi) is 5.23. The molecule has 2 fully saturated rings. The van der Waals surface area contributed by atoms with Crippen molar-refractivity contribution in [1.82, 2.24) is 15.1 Å². The molecule has 0 unspecified atom stereocenters. The maximum Gasteiger partial charge on any atom is 0.315 e. The summed E-state index contributed by atoms with van der Waals surface area (Å²) in [4.78, 5) is 32.8. The number of piperidine rings is 1. The third kappa shape index (κ3) is 3.72. The van der Waals surface area contributed by atoms with E-state index in [2.05, 4.69) is 5.16 Å². The topological polar surface area (TPSA) is 89.0 Å². The zero-order valence-corrected chi connectivity index (χ0v) is 17.5. The maximum absolute atomic E-state index is 13.0. The van der Waals surface area contributed by atoms with Crippen molar-refractivity contribution in [2.24, 2.45) is 0 Å². The van der Waals surface area contributed by atoms with Crippen LogP contribution < -0.4 is 0 Å². The van der Waals surface area contributed by atoms with E-state index in [1.54, 1.807) is 6.07 Å². The van der Waals surface area contributed by atoms with E-state index in [0.717, 1.165) is 47.9 Å². The van der Waals surface area contributed by atoms with Gasteiger partial charge in [0, 0.05) is 42.6 Å². The van der Waals surface area contributed by atoms with Gasteiger partial charge in [0.15, 0.2) is 5.76 Å². The van der Waals surface area contributed by atoms with Crippen molar-refractivity contribution < 1.29 is 23.4 Å². The Morgan fingerprint density at radius 1 is 1.06 bits per heavy atom. The number of para-hydroxylation sites is 1. The Labute approximate surface area is 179 Å². The molecule has 0 radical (unpaired) electrons. The zero-order valence-electron chi connectivity index (χ0n) is 17.5. The molecule has 3 aromatic rings. The van der Waals surface area contributed by atoms with Gasteiger partial charge in [-0.05, 0) is 38.7 Å². The van der Waals surface area contributed by atoms with Crippen molar-refractivity contribution >= 4 is 22.8 Å². The molecule has 5 rings (SSSR count). The normalized spacial score (nSPS) is 18.0. The first-order chi connectivity index (χ1) is 15.1. The summed E-state index contributed by atoms with van der Waals surface area (Å²) in [6.07, 6.45) is 3.39. The van der Waals surface area contributed by atoms with Crippen molar-refractivity contribution in [1.29, 1.82) is 0 Å². The molecule has 0 spiro atoms. The highest BCUT2D eigenvalue weighted by atomic mass is 16.7. The number of aromatic nitrogens is 1. The van der Waals surface area contributed by atoms with E-state index in [0.29, 0.717) is 32.0 Å². The van der Waals surface area contributed by atoms with Gasteiger partial charge in [-0.2, -0.15) is 0 Å². The fourth-order valence-electron chi connectivity index (χ4n) is 4.36. The van der Waals surface area contributed by atoms with Gasteiger partial charge in [-0.3, -0.25) is 14.4 Å². The number of nitrogens with zero attached hydrogens (tertiary/aromatic N) is 3. The molecular weight excluding hydrogens is 398 g/mol. The quantitative estimate of drug-likeness (QED) is 0.634. The number of carbonyl (C=O) groups excluding carboxylic acids is 2. The van der Waals surface area contributed by atoms with Crippen LogP contribution in [0.3, 0.4) is 0 Å². The molecular formula is C23H25N3O5. The minimum Gasteiger partial charge on any atom is -0.451 e. The number of aryl methyl sites for hydroxylation is 1. The van der Waals surface area contributed by atoms with E-state index in [1.807, 2.05) is 36.1 Å². The lowest BCUT2D eigenvalue weighted by Crippen LogP contribution is -2.38. The van der Waals surface area contributed by atoms with Crippen LogP contribution in [0.5, 0.6) is 0 Å². The summed E-state index contributed by atoms with van der Waals surface area (Å²) in [6, 6.07) is 9.41. The third-order valence-electron chi connectivity index (χ3n) is 6.21. The third-order valence-corrected chi connectivity index (χ3v) is 6.21. The molecule has 0 saturated carbocycles. The van der Waals surface area contributed by atoms with Gasteiger partial charge in [0.25, 0.3) is 5.91 Å². The van der Waals surface area contributed by atoms with Crippen molar-refractivity contribution in [3.05, 3.63) is 53.1 Å². The smallest absolute Gasteiger partial charge is 0.315 e. The standard InChI is InChI=1S/C23H25N3O5/c1-15-17-6-2-3-7-19(17)30-21(15)23(28)25-11-8-16(9-12-25)18-14-20(31-24-18)22(27)26-10-4-5-13-29-26/h2-3,6-7,14,16H,4-5,8-13H2,1H3. The highest BCUT2D eigenvalue weighted by molar-refractivity contribution is 5.99. The monoisotopic (exact) mass is 423 g/mol. The minimum atomic E-state index is -0.286. The Morgan fingerprint density at radius 2 is 1.87 bits per heavy atom. The van der Waals surface area contributed by atoms with Gasteiger partial charge in [0.05, 0.1) is 12.3 Å². The zero-order chi connectivity index (χ0) is 21.4. The summed E-state index contributed by atoms with van der Waals surface area (Å²) in [5, 5.41) is 6.45. The van der Waals surface area contributed by atoms with Crippen LogP contribution in [0.2, 0.25) is 0 Å². The minimum absolute atomic E-state index is 0.0783. The molecule has 2 aliphatic rings. The van der Waals surface area contributed by atoms with Crippen molar-refractivity contribution in [2.45, 2.75) is 38.5 Å². The second-order valence-corrected chi connectivity index (χ2v) is 8.18. The van der Waals surface area contributed by atoms with E-state index in [-0.39, 0.29) is 23.5 Å². The predicted octanol–water partition coefficient (Wildman–Crippen LogP) is 3.92. The summed E-state index contributed by atoms with van der Waals surface area (Å²) in [6.45, 7) is 4.24. The fraction of sp³-hybridized carbons (Fsp3) is 0.435. The molecule has 162 valence electrons. The van der Waals surface area contributed by atoms with Gasteiger partial charge in [0.1, 0.15) is 5.58 Å². The fourth-order valence-corrected chi connectivity index (χ4v) is 4.36. The van der Waals surface area contributed by atoms with Crippen LogP contribution in [-0.4, -0.2) is 53.2 Å². The van der Waals surface area contributed by atoms with Crippen molar-refractivity contribution in [3.8, 4) is 0 Å². The molecule has 2 aromatic heterocycles. The van der Waals surface area contributed by atoms with Crippen LogP contribution in [0.15, 0.2) is 39.3 Å². The average molecular weight is 423 g/mol. The van der Waals surface area contributed by atoms with Crippen LogP contribution in [-0.2, 0) is 4.84 Å². The van der Waals surface area contributed by atoms with Gasteiger partial charge in [-0.25, -0.2) is 5.06 Å². The number of likely N-dealkylation sites (tertiary alicyclic amines) is 1. The summed E-state index contributed by atoms with van der Waals surface area (Å²) in [5.74, 6) is 0.397. The molecule has 0 atom stereocenters. The summed E-state index contributed by atoms with van der Waals surface area (Å²) < 4.78 is 11.1. The van der Waals surface area contributed by atoms with Gasteiger partial charge in [-0.15, -0.1) is 0 Å². The molecule has 0 aliphatic carbocycles. The van der Waals surface area contributed by atoms with Gasteiger partial charge < -0.3 is 13.8 Å². The Bertz CT molecular complexity index is 1100. The van der Waals surface area contributed by atoms with E-state index in [9.17, 15) is 9.59 Å². The van der Waals surface area contributed by atoms with Crippen LogP contribution in [0, 0.1) is 6.92 Å². The van der Waals surface area contributed by atoms with Gasteiger partial charge in [-0.1, -0.05) is 23.4 Å². The number of benzene rings is 1. The van der Waals surface area contributed by atoms with Crippen LogP contribution in [0.4, 0.5) is 0 Å². The van der Waals surface area contributed by atoms with Crippen LogP contribution >= 0.6 is 0 Å². The molecule has 8 heteroatoms. The van der Waals surface area contributed by atoms with E-state index < -0.39 is 0 Å². The average Bonchev–Trinajstić information content (AvgIpc) is 3.44. The number of furan rings is 1. The molecule has 4 heterocycles. The second-order valence-electron chi connectivity index (χ2n) is 8.18. The largest absolute Gasteiger partial charge is 0.451 e. The number of carbonyl (C=O) groups is 2. The Balaban J connectivity index is 1.23. The molecule has 2 saturated heterocycles. The first-order valence-corrected chi connectivity index (χ1v) is 10.8. The SMILES string of the molecule is Cc1c(C(=O)N2CCC(c3cc(C(=O)N4CCCCO4)on3)CC2)oc2ccccc12.